The van der Waals surface area contributed by atoms with Crippen LogP contribution in [-0.2, 0) is 4.79 Å². The van der Waals surface area contributed by atoms with E-state index in [2.05, 4.69) is 17.4 Å². The molecule has 1 fully saturated rings. The van der Waals surface area contributed by atoms with Crippen LogP contribution >= 0.6 is 0 Å². The third-order valence-electron chi connectivity index (χ3n) is 4.31. The van der Waals surface area contributed by atoms with Crippen molar-refractivity contribution in [2.75, 3.05) is 12.4 Å². The zero-order chi connectivity index (χ0) is 17.1. The highest BCUT2D eigenvalue weighted by Gasteiger charge is 2.39. The van der Waals surface area contributed by atoms with Crippen LogP contribution in [0.15, 0.2) is 48.5 Å². The molecule has 3 rings (SSSR count). The Morgan fingerprint density at radius 3 is 2.62 bits per heavy atom. The van der Waals surface area contributed by atoms with Crippen LogP contribution in [0.2, 0.25) is 0 Å². The van der Waals surface area contributed by atoms with Gasteiger partial charge in [-0.1, -0.05) is 30.3 Å². The van der Waals surface area contributed by atoms with E-state index < -0.39 is 5.97 Å². The molecule has 1 aliphatic carbocycles. The number of carboxylic acid groups (broad SMARTS) is 1. The number of nitrogens with one attached hydrogen (secondary N) is 1. The maximum absolute atomic E-state index is 12.2. The van der Waals surface area contributed by atoms with Crippen LogP contribution < -0.4 is 10.1 Å². The van der Waals surface area contributed by atoms with Gasteiger partial charge in [0.15, 0.2) is 0 Å². The molecule has 5 heteroatoms. The van der Waals surface area contributed by atoms with Crippen LogP contribution in [0, 0.1) is 5.92 Å². The molecular weight excluding hydrogens is 306 g/mol. The highest BCUT2D eigenvalue weighted by atomic mass is 16.5. The minimum absolute atomic E-state index is 0.0661. The summed E-state index contributed by atoms with van der Waals surface area (Å²) in [4.78, 5) is 23.3. The lowest BCUT2D eigenvalue weighted by atomic mass is 10.1. The number of hydrogen-bond donors (Lipinski definition) is 2. The Morgan fingerprint density at radius 2 is 1.96 bits per heavy atom. The van der Waals surface area contributed by atoms with Gasteiger partial charge >= 0.3 is 5.97 Å². The van der Waals surface area contributed by atoms with Gasteiger partial charge in [0.2, 0.25) is 5.91 Å². The molecule has 124 valence electrons. The Balaban J connectivity index is 1.59. The van der Waals surface area contributed by atoms with Crippen molar-refractivity contribution < 1.29 is 19.4 Å². The maximum Gasteiger partial charge on any atom is 0.339 e. The summed E-state index contributed by atoms with van der Waals surface area (Å²) in [6, 6.07) is 14.7. The molecule has 2 atom stereocenters. The number of aromatic carboxylic acids is 1. The van der Waals surface area contributed by atoms with Crippen molar-refractivity contribution in [2.24, 2.45) is 5.92 Å². The lowest BCUT2D eigenvalue weighted by molar-refractivity contribution is -0.116. The lowest BCUT2D eigenvalue weighted by Gasteiger charge is -2.09. The summed E-state index contributed by atoms with van der Waals surface area (Å²) in [7, 11) is 1.40. The molecule has 1 aliphatic rings. The Morgan fingerprint density at radius 1 is 1.21 bits per heavy atom. The Labute approximate surface area is 140 Å². The molecule has 0 aliphatic heterocycles. The second kappa shape index (κ2) is 6.74. The van der Waals surface area contributed by atoms with Crippen molar-refractivity contribution in [3.8, 4) is 5.75 Å². The van der Waals surface area contributed by atoms with Crippen molar-refractivity contribution in [1.29, 1.82) is 0 Å². The zero-order valence-corrected chi connectivity index (χ0v) is 13.4. The molecule has 24 heavy (non-hydrogen) atoms. The summed E-state index contributed by atoms with van der Waals surface area (Å²) in [6.45, 7) is 0. The Hall–Kier alpha value is -2.82. The van der Waals surface area contributed by atoms with Gasteiger partial charge in [-0.25, -0.2) is 4.79 Å². The summed E-state index contributed by atoms with van der Waals surface area (Å²) in [6.07, 6.45) is 1.49. The topological polar surface area (TPSA) is 75.6 Å². The molecule has 5 nitrogen and oxygen atoms in total. The van der Waals surface area contributed by atoms with Crippen molar-refractivity contribution in [1.82, 2.24) is 0 Å². The van der Waals surface area contributed by atoms with Crippen LogP contribution in [0.5, 0.6) is 5.75 Å². The van der Waals surface area contributed by atoms with Gasteiger partial charge in [0.25, 0.3) is 0 Å². The number of benzene rings is 2. The number of carbonyl (C=O) groups is 2. The van der Waals surface area contributed by atoms with E-state index in [0.717, 1.165) is 6.42 Å². The van der Waals surface area contributed by atoms with Gasteiger partial charge in [-0.3, -0.25) is 4.79 Å². The molecule has 0 heterocycles. The number of carbonyl (C=O) groups excluding carboxylic acids is 1. The second-order valence-electron chi connectivity index (χ2n) is 5.99. The third kappa shape index (κ3) is 3.56. The highest BCUT2D eigenvalue weighted by Crippen LogP contribution is 2.49. The van der Waals surface area contributed by atoms with Crippen molar-refractivity contribution in [2.45, 2.75) is 18.8 Å². The van der Waals surface area contributed by atoms with Gasteiger partial charge in [-0.2, -0.15) is 0 Å². The van der Waals surface area contributed by atoms with E-state index in [4.69, 9.17) is 9.84 Å². The molecule has 0 aromatic heterocycles. The first-order chi connectivity index (χ1) is 11.6. The van der Waals surface area contributed by atoms with E-state index in [-0.39, 0.29) is 17.2 Å². The first-order valence-corrected chi connectivity index (χ1v) is 7.84. The number of hydrogen-bond acceptors (Lipinski definition) is 3. The van der Waals surface area contributed by atoms with E-state index in [1.165, 1.54) is 24.8 Å². The molecule has 1 amide bonds. The van der Waals surface area contributed by atoms with E-state index >= 15 is 0 Å². The molecule has 0 unspecified atom stereocenters. The van der Waals surface area contributed by atoms with Crippen LogP contribution in [0.25, 0.3) is 0 Å². The molecule has 1 saturated carbocycles. The quantitative estimate of drug-likeness (QED) is 0.852. The lowest BCUT2D eigenvalue weighted by Crippen LogP contribution is -2.13. The van der Waals surface area contributed by atoms with Crippen molar-refractivity contribution >= 4 is 17.6 Å². The van der Waals surface area contributed by atoms with E-state index in [0.29, 0.717) is 23.9 Å². The van der Waals surface area contributed by atoms with E-state index in [1.54, 1.807) is 6.07 Å². The number of carboxylic acids is 1. The number of ether oxygens (including phenoxy) is 1. The number of anilines is 1. The van der Waals surface area contributed by atoms with Crippen molar-refractivity contribution in [3.63, 3.8) is 0 Å². The van der Waals surface area contributed by atoms with E-state index in [1.807, 2.05) is 18.2 Å². The minimum atomic E-state index is -1.06. The predicted octanol–water partition coefficient (Wildman–Crippen LogP) is 3.53. The molecular formula is C19H19NO4. The zero-order valence-electron chi connectivity index (χ0n) is 13.4. The fourth-order valence-electron chi connectivity index (χ4n) is 2.98. The molecule has 0 radical (unpaired) electrons. The second-order valence-corrected chi connectivity index (χ2v) is 5.99. The standard InChI is InChI=1S/C19H19NO4/c1-24-17-11-14(7-8-15(17)19(22)23)20-18(21)10-13-9-16(13)12-5-3-2-4-6-12/h2-8,11,13,16H,9-10H2,1H3,(H,20,21)(H,22,23)/t13-,16-/m0/s1. The van der Waals surface area contributed by atoms with Gasteiger partial charge in [0.1, 0.15) is 11.3 Å². The number of amides is 1. The van der Waals surface area contributed by atoms with Gasteiger partial charge in [-0.15, -0.1) is 0 Å². The normalized spacial score (nSPS) is 18.7. The molecule has 2 N–H and O–H groups in total. The summed E-state index contributed by atoms with van der Waals surface area (Å²) >= 11 is 0. The predicted molar refractivity (Wildman–Crippen MR) is 90.5 cm³/mol. The molecule has 2 aromatic rings. The smallest absolute Gasteiger partial charge is 0.339 e. The molecule has 2 aromatic carbocycles. The van der Waals surface area contributed by atoms with Crippen molar-refractivity contribution in [3.05, 3.63) is 59.7 Å². The fraction of sp³-hybridized carbons (Fsp3) is 0.263. The first kappa shape index (κ1) is 16.1. The van der Waals surface area contributed by atoms with Crippen LogP contribution in [0.4, 0.5) is 5.69 Å². The fourth-order valence-corrected chi connectivity index (χ4v) is 2.98. The third-order valence-corrected chi connectivity index (χ3v) is 4.31. The summed E-state index contributed by atoms with van der Waals surface area (Å²) < 4.78 is 5.07. The maximum atomic E-state index is 12.2. The molecule has 0 saturated heterocycles. The van der Waals surface area contributed by atoms with Gasteiger partial charge in [-0.05, 0) is 36.0 Å². The Kier molecular flexibility index (Phi) is 4.51. The van der Waals surface area contributed by atoms with Crippen LogP contribution in [-0.4, -0.2) is 24.1 Å². The average molecular weight is 325 g/mol. The Bertz CT molecular complexity index is 757. The summed E-state index contributed by atoms with van der Waals surface area (Å²) in [5.41, 5.74) is 1.89. The van der Waals surface area contributed by atoms with Gasteiger partial charge in [0.05, 0.1) is 7.11 Å². The van der Waals surface area contributed by atoms with Gasteiger partial charge in [0, 0.05) is 18.2 Å². The van der Waals surface area contributed by atoms with Gasteiger partial charge < -0.3 is 15.2 Å². The molecule has 0 bridgehead atoms. The molecule has 0 spiro atoms. The first-order valence-electron chi connectivity index (χ1n) is 7.84. The number of methoxy groups -OCH3 is 1. The minimum Gasteiger partial charge on any atom is -0.496 e. The monoisotopic (exact) mass is 325 g/mol. The van der Waals surface area contributed by atoms with Crippen LogP contribution in [0.3, 0.4) is 0 Å². The number of rotatable bonds is 6. The highest BCUT2D eigenvalue weighted by molar-refractivity contribution is 5.94. The summed E-state index contributed by atoms with van der Waals surface area (Å²) in [5, 5.41) is 11.9. The average Bonchev–Trinajstić information content (AvgIpc) is 3.34. The largest absolute Gasteiger partial charge is 0.496 e. The van der Waals surface area contributed by atoms with Crippen LogP contribution in [0.1, 0.15) is 34.7 Å². The van der Waals surface area contributed by atoms with E-state index in [9.17, 15) is 9.59 Å². The summed E-state index contributed by atoms with van der Waals surface area (Å²) in [5.74, 6) is -0.0701. The SMILES string of the molecule is COc1cc(NC(=O)C[C@@H]2C[C@H]2c2ccccc2)ccc1C(=O)O.